The number of aromatic nitrogens is 3. The first-order valence-corrected chi connectivity index (χ1v) is 9.84. The lowest BCUT2D eigenvalue weighted by Crippen LogP contribution is -2.36. The summed E-state index contributed by atoms with van der Waals surface area (Å²) in [6, 6.07) is 7.99. The number of aryl methyl sites for hydroxylation is 2. The van der Waals surface area contributed by atoms with Gasteiger partial charge in [-0.25, -0.2) is 9.97 Å². The second kappa shape index (κ2) is 6.44. The van der Waals surface area contributed by atoms with Crippen LogP contribution in [0.4, 0.5) is 0 Å². The molecule has 1 amide bonds. The predicted octanol–water partition coefficient (Wildman–Crippen LogP) is 2.73. The number of hydrogen-bond acceptors (Lipinski definition) is 5. The molecular formula is C21H24N4O3. The summed E-state index contributed by atoms with van der Waals surface area (Å²) in [5.74, 6) is 1.70. The van der Waals surface area contributed by atoms with Crippen molar-refractivity contribution in [2.45, 2.75) is 38.8 Å². The van der Waals surface area contributed by atoms with Crippen molar-refractivity contribution in [1.29, 1.82) is 0 Å². The average Bonchev–Trinajstić information content (AvgIpc) is 3.36. The van der Waals surface area contributed by atoms with Gasteiger partial charge in [-0.3, -0.25) is 4.79 Å². The first-order valence-electron chi connectivity index (χ1n) is 9.84. The van der Waals surface area contributed by atoms with Crippen LogP contribution in [-0.2, 0) is 0 Å². The van der Waals surface area contributed by atoms with Gasteiger partial charge in [-0.2, -0.15) is 0 Å². The molecule has 5 rings (SSSR count). The lowest BCUT2D eigenvalue weighted by Gasteiger charge is -2.36. The smallest absolute Gasteiger partial charge is 0.276 e. The second-order valence-electron chi connectivity index (χ2n) is 8.11. The Morgan fingerprint density at radius 2 is 1.93 bits per heavy atom. The van der Waals surface area contributed by atoms with E-state index in [1.54, 1.807) is 13.8 Å². The minimum Gasteiger partial charge on any atom is -0.445 e. The van der Waals surface area contributed by atoms with Gasteiger partial charge in [0.15, 0.2) is 11.6 Å². The Morgan fingerprint density at radius 3 is 2.68 bits per heavy atom. The number of oxazole rings is 1. The average molecular weight is 380 g/mol. The van der Waals surface area contributed by atoms with Gasteiger partial charge < -0.3 is 19.0 Å². The second-order valence-corrected chi connectivity index (χ2v) is 8.11. The lowest BCUT2D eigenvalue weighted by molar-refractivity contribution is 0.0374. The monoisotopic (exact) mass is 380 g/mol. The van der Waals surface area contributed by atoms with Crippen LogP contribution in [0.25, 0.3) is 11.0 Å². The normalized spacial score (nSPS) is 27.3. The first-order chi connectivity index (χ1) is 13.5. The summed E-state index contributed by atoms with van der Waals surface area (Å²) in [6.45, 7) is 4.90. The molecule has 28 heavy (non-hydrogen) atoms. The van der Waals surface area contributed by atoms with Crippen LogP contribution in [0.5, 0.6) is 0 Å². The highest BCUT2D eigenvalue weighted by Crippen LogP contribution is 2.42. The van der Waals surface area contributed by atoms with E-state index in [0.717, 1.165) is 17.5 Å². The van der Waals surface area contributed by atoms with Gasteiger partial charge in [0.1, 0.15) is 5.76 Å². The van der Waals surface area contributed by atoms with Gasteiger partial charge in [-0.05, 0) is 43.7 Å². The summed E-state index contributed by atoms with van der Waals surface area (Å²) in [5.41, 5.74) is 2.40. The van der Waals surface area contributed by atoms with E-state index < -0.39 is 6.10 Å². The van der Waals surface area contributed by atoms with Gasteiger partial charge in [-0.1, -0.05) is 12.1 Å². The number of nitrogens with zero attached hydrogens (tertiary/aromatic N) is 4. The largest absolute Gasteiger partial charge is 0.445 e. The van der Waals surface area contributed by atoms with E-state index in [9.17, 15) is 9.90 Å². The summed E-state index contributed by atoms with van der Waals surface area (Å²) in [5, 5.41) is 10.9. The third-order valence-electron chi connectivity index (χ3n) is 6.34. The predicted molar refractivity (Wildman–Crippen MR) is 103 cm³/mol. The first kappa shape index (κ1) is 17.4. The number of imidazole rings is 1. The van der Waals surface area contributed by atoms with Crippen molar-refractivity contribution in [2.75, 3.05) is 13.1 Å². The molecule has 1 aliphatic carbocycles. The third kappa shape index (κ3) is 2.73. The van der Waals surface area contributed by atoms with E-state index in [2.05, 4.69) is 14.5 Å². The van der Waals surface area contributed by atoms with Crippen LogP contribution in [0, 0.1) is 25.7 Å². The molecule has 1 aliphatic heterocycles. The molecule has 2 aromatic heterocycles. The minimum absolute atomic E-state index is 0.0141. The molecule has 1 saturated heterocycles. The molecule has 1 N–H and O–H groups in total. The number of rotatable bonds is 2. The van der Waals surface area contributed by atoms with Crippen LogP contribution in [0.15, 0.2) is 35.0 Å². The number of amides is 1. The van der Waals surface area contributed by atoms with E-state index in [4.69, 9.17) is 4.42 Å². The molecule has 3 heterocycles. The lowest BCUT2D eigenvalue weighted by atomic mass is 9.77. The fourth-order valence-corrected chi connectivity index (χ4v) is 4.99. The van der Waals surface area contributed by atoms with Crippen LogP contribution >= 0.6 is 0 Å². The van der Waals surface area contributed by atoms with Crippen LogP contribution in [0.2, 0.25) is 0 Å². The van der Waals surface area contributed by atoms with Crippen molar-refractivity contribution in [2.24, 2.45) is 11.8 Å². The zero-order valence-corrected chi connectivity index (χ0v) is 16.1. The summed E-state index contributed by atoms with van der Waals surface area (Å²) >= 11 is 0. The van der Waals surface area contributed by atoms with E-state index in [1.807, 2.05) is 35.5 Å². The molecule has 146 valence electrons. The minimum atomic E-state index is -0.440. The van der Waals surface area contributed by atoms with E-state index in [0.29, 0.717) is 48.7 Å². The van der Waals surface area contributed by atoms with Crippen molar-refractivity contribution in [3.63, 3.8) is 0 Å². The number of aliphatic hydroxyl groups is 1. The standard InChI is InChI=1S/C21H24N4O3/c1-12-20(23-13(2)28-12)21(27)24-9-14-7-18(19(26)8-15(14)10-24)25-11-22-16-5-3-4-6-17(16)25/h3-6,11,14-15,18-19,26H,7-10H2,1-2H3/t14-,15+,18-,19-/m1/s1. The molecule has 0 unspecified atom stereocenters. The number of para-hydroxylation sites is 2. The zero-order chi connectivity index (χ0) is 19.4. The molecule has 4 atom stereocenters. The topological polar surface area (TPSA) is 84.4 Å². The number of benzene rings is 1. The van der Waals surface area contributed by atoms with Gasteiger partial charge in [-0.15, -0.1) is 0 Å². The molecular weight excluding hydrogens is 356 g/mol. The van der Waals surface area contributed by atoms with Crippen LogP contribution < -0.4 is 0 Å². The SMILES string of the molecule is Cc1nc(C(=O)N2C[C@H]3C[C@@H](n4cnc5ccccc54)[C@H](O)C[C@H]3C2)c(C)o1. The van der Waals surface area contributed by atoms with E-state index >= 15 is 0 Å². The van der Waals surface area contributed by atoms with Crippen molar-refractivity contribution in [3.05, 3.63) is 47.9 Å². The van der Waals surface area contributed by atoms with Crippen LogP contribution in [0.3, 0.4) is 0 Å². The summed E-state index contributed by atoms with van der Waals surface area (Å²) in [4.78, 5) is 23.5. The number of carbonyl (C=O) groups is 1. The van der Waals surface area contributed by atoms with Crippen molar-refractivity contribution in [1.82, 2.24) is 19.4 Å². The fraction of sp³-hybridized carbons (Fsp3) is 0.476. The van der Waals surface area contributed by atoms with Crippen LogP contribution in [-0.4, -0.2) is 49.6 Å². The maximum Gasteiger partial charge on any atom is 0.276 e. The molecule has 0 spiro atoms. The third-order valence-corrected chi connectivity index (χ3v) is 6.34. The van der Waals surface area contributed by atoms with Gasteiger partial charge in [0.2, 0.25) is 0 Å². The fourth-order valence-electron chi connectivity index (χ4n) is 4.99. The van der Waals surface area contributed by atoms with Gasteiger partial charge in [0.25, 0.3) is 5.91 Å². The highest BCUT2D eigenvalue weighted by atomic mass is 16.4. The Hall–Kier alpha value is -2.67. The molecule has 0 bridgehead atoms. The quantitative estimate of drug-likeness (QED) is 0.739. The van der Waals surface area contributed by atoms with E-state index in [1.165, 1.54) is 0 Å². The number of likely N-dealkylation sites (tertiary alicyclic amines) is 1. The van der Waals surface area contributed by atoms with E-state index in [-0.39, 0.29) is 11.9 Å². The van der Waals surface area contributed by atoms with Crippen molar-refractivity contribution >= 4 is 16.9 Å². The number of fused-ring (bicyclic) bond motifs is 2. The number of aliphatic hydroxyl groups excluding tert-OH is 1. The Bertz CT molecular complexity index is 1040. The molecule has 2 fully saturated rings. The van der Waals surface area contributed by atoms with Crippen molar-refractivity contribution < 1.29 is 14.3 Å². The zero-order valence-electron chi connectivity index (χ0n) is 16.1. The Labute approximate surface area is 163 Å². The Balaban J connectivity index is 1.37. The maximum absolute atomic E-state index is 12.9. The molecule has 1 saturated carbocycles. The van der Waals surface area contributed by atoms with Crippen molar-refractivity contribution in [3.8, 4) is 0 Å². The molecule has 3 aromatic rings. The maximum atomic E-state index is 12.9. The summed E-state index contributed by atoms with van der Waals surface area (Å²) in [7, 11) is 0. The molecule has 2 aliphatic rings. The highest BCUT2D eigenvalue weighted by Gasteiger charge is 2.44. The summed E-state index contributed by atoms with van der Waals surface area (Å²) < 4.78 is 7.53. The summed E-state index contributed by atoms with van der Waals surface area (Å²) in [6.07, 6.45) is 2.93. The van der Waals surface area contributed by atoms with Gasteiger partial charge in [0, 0.05) is 20.0 Å². The Kier molecular flexibility index (Phi) is 4.01. The highest BCUT2D eigenvalue weighted by molar-refractivity contribution is 5.93. The number of carbonyl (C=O) groups excluding carboxylic acids is 1. The molecule has 7 heteroatoms. The molecule has 0 radical (unpaired) electrons. The van der Waals surface area contributed by atoms with Crippen LogP contribution in [0.1, 0.15) is 41.0 Å². The van der Waals surface area contributed by atoms with Gasteiger partial charge >= 0.3 is 0 Å². The van der Waals surface area contributed by atoms with Gasteiger partial charge in [0.05, 0.1) is 29.5 Å². The number of hydrogen-bond donors (Lipinski definition) is 1. The molecule has 7 nitrogen and oxygen atoms in total. The molecule has 1 aromatic carbocycles. The Morgan fingerprint density at radius 1 is 1.18 bits per heavy atom.